The molecule has 3 atom stereocenters. The predicted molar refractivity (Wildman–Crippen MR) is 103 cm³/mol. The van der Waals surface area contributed by atoms with Crippen molar-refractivity contribution in [3.05, 3.63) is 35.4 Å². The molecule has 1 heterocycles. The Balaban J connectivity index is 2.38. The van der Waals surface area contributed by atoms with E-state index in [0.717, 1.165) is 10.5 Å². The Kier molecular flexibility index (Phi) is 6.79. The van der Waals surface area contributed by atoms with Gasteiger partial charge in [0.05, 0.1) is 11.6 Å². The highest BCUT2D eigenvalue weighted by Crippen LogP contribution is 2.30. The zero-order valence-corrected chi connectivity index (χ0v) is 16.8. The minimum Gasteiger partial charge on any atom is -0.480 e. The van der Waals surface area contributed by atoms with Gasteiger partial charge in [-0.05, 0) is 36.0 Å². The van der Waals surface area contributed by atoms with Crippen molar-refractivity contribution in [1.82, 2.24) is 9.80 Å². The van der Waals surface area contributed by atoms with Crippen LogP contribution in [0, 0.1) is 23.2 Å². The number of amides is 3. The fourth-order valence-electron chi connectivity index (χ4n) is 3.50. The predicted octanol–water partition coefficient (Wildman–Crippen LogP) is 3.24. The molecule has 3 unspecified atom stereocenters. The van der Waals surface area contributed by atoms with Gasteiger partial charge in [0.2, 0.25) is 0 Å². The van der Waals surface area contributed by atoms with Gasteiger partial charge in [-0.25, -0.2) is 14.5 Å². The number of benzene rings is 1. The Labute approximate surface area is 165 Å². The molecule has 150 valence electrons. The minimum absolute atomic E-state index is 0.0244. The molecule has 0 aromatic heterocycles. The van der Waals surface area contributed by atoms with Crippen molar-refractivity contribution in [2.24, 2.45) is 11.8 Å². The largest absolute Gasteiger partial charge is 0.480 e. The summed E-state index contributed by atoms with van der Waals surface area (Å²) in [6.45, 7) is 7.75. The first-order valence-electron chi connectivity index (χ1n) is 9.56. The molecule has 1 aromatic carbocycles. The number of imide groups is 1. The molecule has 1 N–H and O–H groups in total. The quantitative estimate of drug-likeness (QED) is 0.692. The molecule has 2 rings (SSSR count). The van der Waals surface area contributed by atoms with E-state index in [1.165, 1.54) is 4.90 Å². The maximum atomic E-state index is 13.1. The number of carbonyl (C=O) groups is 3. The first-order chi connectivity index (χ1) is 13.2. The van der Waals surface area contributed by atoms with Crippen LogP contribution in [0.25, 0.3) is 0 Å². The van der Waals surface area contributed by atoms with Crippen molar-refractivity contribution >= 4 is 17.9 Å². The molecule has 1 aliphatic rings. The number of carboxylic acid groups (broad SMARTS) is 1. The third-order valence-corrected chi connectivity index (χ3v) is 5.19. The van der Waals surface area contributed by atoms with Crippen LogP contribution in [0.3, 0.4) is 0 Å². The van der Waals surface area contributed by atoms with Crippen LogP contribution < -0.4 is 0 Å². The Morgan fingerprint density at radius 2 is 1.82 bits per heavy atom. The first-order valence-corrected chi connectivity index (χ1v) is 9.56. The highest BCUT2D eigenvalue weighted by molar-refractivity contribution is 6.07. The summed E-state index contributed by atoms with van der Waals surface area (Å²) >= 11 is 0. The van der Waals surface area contributed by atoms with Crippen molar-refractivity contribution in [2.75, 3.05) is 0 Å². The molecule has 3 amide bonds. The lowest BCUT2D eigenvalue weighted by molar-refractivity contribution is -0.147. The summed E-state index contributed by atoms with van der Waals surface area (Å²) in [5.41, 5.74) is 1.29. The van der Waals surface area contributed by atoms with Gasteiger partial charge >= 0.3 is 12.0 Å². The van der Waals surface area contributed by atoms with Crippen LogP contribution in [0.1, 0.15) is 51.7 Å². The van der Waals surface area contributed by atoms with Crippen molar-refractivity contribution in [1.29, 1.82) is 5.26 Å². The van der Waals surface area contributed by atoms with Crippen LogP contribution in [0.15, 0.2) is 24.3 Å². The first kappa shape index (κ1) is 21.4. The SMILES string of the molecule is CCC(C)C1C(=O)N(C(CC(C)C)C(=O)O)C(=O)N1Cc1ccc(C#N)cc1. The molecule has 1 saturated heterocycles. The second-order valence-corrected chi connectivity index (χ2v) is 7.74. The van der Waals surface area contributed by atoms with E-state index in [2.05, 4.69) is 0 Å². The molecule has 0 bridgehead atoms. The summed E-state index contributed by atoms with van der Waals surface area (Å²) in [5, 5.41) is 18.6. The number of nitrogens with zero attached hydrogens (tertiary/aromatic N) is 3. The number of rotatable bonds is 8. The van der Waals surface area contributed by atoms with E-state index in [1.54, 1.807) is 24.3 Å². The van der Waals surface area contributed by atoms with Crippen LogP contribution in [0.2, 0.25) is 0 Å². The van der Waals surface area contributed by atoms with Gasteiger partial charge in [0.25, 0.3) is 5.91 Å². The third kappa shape index (κ3) is 4.33. The zero-order chi connectivity index (χ0) is 21.0. The van der Waals surface area contributed by atoms with E-state index in [0.29, 0.717) is 12.0 Å². The average molecular weight is 385 g/mol. The lowest BCUT2D eigenvalue weighted by Crippen LogP contribution is -2.46. The van der Waals surface area contributed by atoms with Gasteiger partial charge in [-0.1, -0.05) is 46.2 Å². The molecule has 0 saturated carbocycles. The molecule has 7 nitrogen and oxygen atoms in total. The van der Waals surface area contributed by atoms with E-state index in [4.69, 9.17) is 5.26 Å². The minimum atomic E-state index is -1.17. The summed E-state index contributed by atoms with van der Waals surface area (Å²) < 4.78 is 0. The van der Waals surface area contributed by atoms with Gasteiger partial charge in [-0.15, -0.1) is 0 Å². The zero-order valence-electron chi connectivity index (χ0n) is 16.8. The van der Waals surface area contributed by atoms with Crippen molar-refractivity contribution < 1.29 is 19.5 Å². The van der Waals surface area contributed by atoms with Crippen LogP contribution in [-0.4, -0.2) is 44.9 Å². The van der Waals surface area contributed by atoms with Gasteiger partial charge < -0.3 is 10.0 Å². The number of urea groups is 1. The summed E-state index contributed by atoms with van der Waals surface area (Å²) in [6, 6.07) is 6.43. The molecule has 0 spiro atoms. The molecular weight excluding hydrogens is 358 g/mol. The molecule has 7 heteroatoms. The average Bonchev–Trinajstić information content (AvgIpc) is 2.89. The lowest BCUT2D eigenvalue weighted by Gasteiger charge is -2.26. The fourth-order valence-corrected chi connectivity index (χ4v) is 3.50. The molecule has 1 fully saturated rings. The van der Waals surface area contributed by atoms with Gasteiger partial charge in [-0.2, -0.15) is 5.26 Å². The van der Waals surface area contributed by atoms with Crippen molar-refractivity contribution in [3.8, 4) is 6.07 Å². The highest BCUT2D eigenvalue weighted by Gasteiger charge is 2.51. The second-order valence-electron chi connectivity index (χ2n) is 7.74. The van der Waals surface area contributed by atoms with Gasteiger partial charge in [0.15, 0.2) is 0 Å². The summed E-state index contributed by atoms with van der Waals surface area (Å²) in [7, 11) is 0. The third-order valence-electron chi connectivity index (χ3n) is 5.19. The lowest BCUT2D eigenvalue weighted by atomic mass is 9.96. The molecule has 1 aromatic rings. The Hall–Kier alpha value is -2.88. The molecule has 28 heavy (non-hydrogen) atoms. The molecular formula is C21H27N3O4. The number of carbonyl (C=O) groups excluding carboxylic acids is 2. The molecule has 0 aliphatic carbocycles. The molecule has 1 aliphatic heterocycles. The van der Waals surface area contributed by atoms with E-state index >= 15 is 0 Å². The molecule has 0 radical (unpaired) electrons. The summed E-state index contributed by atoms with van der Waals surface area (Å²) in [5.74, 6) is -1.69. The fraction of sp³-hybridized carbons (Fsp3) is 0.524. The summed E-state index contributed by atoms with van der Waals surface area (Å²) in [4.78, 5) is 40.4. The standard InChI is InChI=1S/C21H27N3O4/c1-5-14(4)18-19(25)24(17(20(26)27)10-13(2)3)21(28)23(18)12-16-8-6-15(11-22)7-9-16/h6-9,13-14,17-18H,5,10,12H2,1-4H3,(H,26,27). The van der Waals surface area contributed by atoms with E-state index < -0.39 is 30.0 Å². The van der Waals surface area contributed by atoms with E-state index in [9.17, 15) is 19.5 Å². The maximum absolute atomic E-state index is 13.1. The Bertz CT molecular complexity index is 782. The topological polar surface area (TPSA) is 102 Å². The van der Waals surface area contributed by atoms with Crippen LogP contribution in [0.4, 0.5) is 4.79 Å². The number of hydrogen-bond donors (Lipinski definition) is 1. The van der Waals surface area contributed by atoms with Gasteiger partial charge in [-0.3, -0.25) is 4.79 Å². The van der Waals surface area contributed by atoms with Gasteiger partial charge in [0, 0.05) is 6.54 Å². The monoisotopic (exact) mass is 385 g/mol. The van der Waals surface area contributed by atoms with Crippen molar-refractivity contribution in [3.63, 3.8) is 0 Å². The van der Waals surface area contributed by atoms with Crippen LogP contribution >= 0.6 is 0 Å². The van der Waals surface area contributed by atoms with Crippen LogP contribution in [-0.2, 0) is 16.1 Å². The number of carboxylic acids is 1. The van der Waals surface area contributed by atoms with E-state index in [1.807, 2.05) is 33.8 Å². The second kappa shape index (κ2) is 8.87. The van der Waals surface area contributed by atoms with Crippen molar-refractivity contribution in [2.45, 2.75) is 59.2 Å². The summed E-state index contributed by atoms with van der Waals surface area (Å²) in [6.07, 6.45) is 0.897. The number of aliphatic carboxylic acids is 1. The smallest absolute Gasteiger partial charge is 0.328 e. The number of nitriles is 1. The highest BCUT2D eigenvalue weighted by atomic mass is 16.4. The Morgan fingerprint density at radius 1 is 1.21 bits per heavy atom. The van der Waals surface area contributed by atoms with Gasteiger partial charge in [0.1, 0.15) is 12.1 Å². The maximum Gasteiger partial charge on any atom is 0.328 e. The van der Waals surface area contributed by atoms with E-state index in [-0.39, 0.29) is 24.8 Å². The van der Waals surface area contributed by atoms with Crippen LogP contribution in [0.5, 0.6) is 0 Å². The normalized spacial score (nSPS) is 19.1. The Morgan fingerprint density at radius 3 is 2.29 bits per heavy atom. The number of hydrogen-bond acceptors (Lipinski definition) is 4.